The van der Waals surface area contributed by atoms with Crippen molar-refractivity contribution in [2.24, 2.45) is 0 Å². The van der Waals surface area contributed by atoms with Crippen LogP contribution in [0.15, 0.2) is 0 Å². The first-order chi connectivity index (χ1) is 5.02. The summed E-state index contributed by atoms with van der Waals surface area (Å²) in [7, 11) is 4.62. The molecule has 0 aromatic heterocycles. The molecule has 0 amide bonds. The van der Waals surface area contributed by atoms with Crippen LogP contribution in [0.1, 0.15) is 0 Å². The highest BCUT2D eigenvalue weighted by molar-refractivity contribution is 6.41. The van der Waals surface area contributed by atoms with Crippen LogP contribution in [0.3, 0.4) is 0 Å². The monoisotopic (exact) mass is 160 g/mol. The molecule has 0 heterocycles. The second-order valence-electron chi connectivity index (χ2n) is 3.05. The van der Waals surface area contributed by atoms with E-state index in [9.17, 15) is 0 Å². The third-order valence-corrected chi connectivity index (χ3v) is 1.40. The Hall–Kier alpha value is -0.0951. The Morgan fingerprint density at radius 2 is 1.64 bits per heavy atom. The Morgan fingerprint density at radius 3 is 2.00 bits per heavy atom. The Morgan fingerprint density at radius 1 is 1.09 bits per heavy atom. The van der Waals surface area contributed by atoms with Crippen LogP contribution >= 0.6 is 0 Å². The van der Waals surface area contributed by atoms with Gasteiger partial charge >= 0.3 is 7.12 Å². The van der Waals surface area contributed by atoms with E-state index in [0.29, 0.717) is 6.44 Å². The largest absolute Gasteiger partial charge is 0.466 e. The highest BCUT2D eigenvalue weighted by Gasteiger charge is 2.09. The fourth-order valence-corrected chi connectivity index (χ4v) is 0.741. The number of rotatable bonds is 5. The molecule has 0 rings (SSSR count). The molecule has 0 spiro atoms. The summed E-state index contributed by atoms with van der Waals surface area (Å²) in [5.74, 6) is 0. The SMILES string of the molecule is CN(C)CCN(C)CB(O)O. The van der Waals surface area contributed by atoms with Gasteiger partial charge in [0.25, 0.3) is 0 Å². The quantitative estimate of drug-likeness (QED) is 0.480. The molecule has 0 bridgehead atoms. The molecule has 0 aliphatic rings. The summed E-state index contributed by atoms with van der Waals surface area (Å²) in [5.41, 5.74) is 0. The molecule has 0 radical (unpaired) electrons. The van der Waals surface area contributed by atoms with Gasteiger partial charge in [-0.15, -0.1) is 0 Å². The topological polar surface area (TPSA) is 46.9 Å². The molecule has 5 heteroatoms. The Kier molecular flexibility index (Phi) is 5.49. The van der Waals surface area contributed by atoms with Crippen LogP contribution in [-0.2, 0) is 0 Å². The van der Waals surface area contributed by atoms with Gasteiger partial charge in [-0.1, -0.05) is 0 Å². The van der Waals surface area contributed by atoms with Gasteiger partial charge < -0.3 is 19.8 Å². The van der Waals surface area contributed by atoms with E-state index >= 15 is 0 Å². The maximum Gasteiger partial charge on any atom is 0.466 e. The molecule has 4 nitrogen and oxygen atoms in total. The van der Waals surface area contributed by atoms with Crippen molar-refractivity contribution >= 4 is 7.12 Å². The molecule has 0 atom stereocenters. The van der Waals surface area contributed by atoms with Crippen LogP contribution in [0, 0.1) is 0 Å². The van der Waals surface area contributed by atoms with Gasteiger partial charge in [0.05, 0.1) is 0 Å². The molecule has 0 unspecified atom stereocenters. The molecule has 0 saturated heterocycles. The summed E-state index contributed by atoms with van der Waals surface area (Å²) < 4.78 is 0. The third kappa shape index (κ3) is 7.81. The first kappa shape index (κ1) is 10.9. The van der Waals surface area contributed by atoms with Crippen LogP contribution in [0.5, 0.6) is 0 Å². The van der Waals surface area contributed by atoms with Crippen molar-refractivity contribution in [1.82, 2.24) is 9.80 Å². The van der Waals surface area contributed by atoms with Crippen LogP contribution in [-0.4, -0.2) is 67.6 Å². The molecule has 11 heavy (non-hydrogen) atoms. The standard InChI is InChI=1S/C6H17BN2O2/c1-8(2)4-5-9(3)6-7(10)11/h10-11H,4-6H2,1-3H3. The second kappa shape index (κ2) is 5.54. The molecule has 2 N–H and O–H groups in total. The fraction of sp³-hybridized carbons (Fsp3) is 1.00. The van der Waals surface area contributed by atoms with E-state index in [-0.39, 0.29) is 0 Å². The number of nitrogens with zero attached hydrogens (tertiary/aromatic N) is 2. The van der Waals surface area contributed by atoms with E-state index in [1.165, 1.54) is 0 Å². The molecule has 0 saturated carbocycles. The normalized spacial score (nSPS) is 11.2. The predicted octanol–water partition coefficient (Wildman–Crippen LogP) is -1.51. The van der Waals surface area contributed by atoms with Crippen LogP contribution in [0.2, 0.25) is 0 Å². The highest BCUT2D eigenvalue weighted by atomic mass is 16.4. The zero-order valence-corrected chi connectivity index (χ0v) is 7.49. The molecular formula is C6H17BN2O2. The van der Waals surface area contributed by atoms with Gasteiger partial charge in [-0.25, -0.2) is 0 Å². The minimum absolute atomic E-state index is 0.313. The first-order valence-corrected chi connectivity index (χ1v) is 3.71. The summed E-state index contributed by atoms with van der Waals surface area (Å²) in [6, 6.07) is 0. The predicted molar refractivity (Wildman–Crippen MR) is 46.2 cm³/mol. The first-order valence-electron chi connectivity index (χ1n) is 3.71. The summed E-state index contributed by atoms with van der Waals surface area (Å²) >= 11 is 0. The van der Waals surface area contributed by atoms with E-state index in [4.69, 9.17) is 10.0 Å². The minimum atomic E-state index is -1.22. The molecule has 0 aromatic rings. The average molecular weight is 160 g/mol. The zero-order valence-electron chi connectivity index (χ0n) is 7.49. The van der Waals surface area contributed by atoms with Crippen molar-refractivity contribution in [3.8, 4) is 0 Å². The second-order valence-corrected chi connectivity index (χ2v) is 3.05. The minimum Gasteiger partial charge on any atom is -0.426 e. The Bertz CT molecular complexity index is 101. The van der Waals surface area contributed by atoms with E-state index < -0.39 is 7.12 Å². The number of likely N-dealkylation sites (N-methyl/N-ethyl adjacent to an activating group) is 2. The zero-order chi connectivity index (χ0) is 8.85. The van der Waals surface area contributed by atoms with Gasteiger partial charge in [-0.2, -0.15) is 0 Å². The smallest absolute Gasteiger partial charge is 0.426 e. The maximum atomic E-state index is 8.59. The molecule has 0 aliphatic carbocycles. The maximum absolute atomic E-state index is 8.59. The van der Waals surface area contributed by atoms with Gasteiger partial charge in [-0.3, -0.25) is 0 Å². The van der Waals surface area contributed by atoms with Crippen molar-refractivity contribution in [1.29, 1.82) is 0 Å². The Labute approximate surface area is 68.6 Å². The molecular weight excluding hydrogens is 143 g/mol. The Balaban J connectivity index is 3.29. The molecule has 66 valence electrons. The van der Waals surface area contributed by atoms with Crippen LogP contribution in [0.25, 0.3) is 0 Å². The molecule has 0 aliphatic heterocycles. The number of hydrogen-bond donors (Lipinski definition) is 2. The van der Waals surface area contributed by atoms with Crippen molar-refractivity contribution < 1.29 is 10.0 Å². The third-order valence-electron chi connectivity index (χ3n) is 1.40. The summed E-state index contributed by atoms with van der Waals surface area (Å²) in [6.07, 6.45) is 0.313. The molecule has 0 fully saturated rings. The van der Waals surface area contributed by atoms with Crippen molar-refractivity contribution in [2.75, 3.05) is 40.7 Å². The lowest BCUT2D eigenvalue weighted by Crippen LogP contribution is -2.36. The van der Waals surface area contributed by atoms with Crippen LogP contribution < -0.4 is 0 Å². The fourth-order valence-electron chi connectivity index (χ4n) is 0.741. The van der Waals surface area contributed by atoms with Crippen molar-refractivity contribution in [2.45, 2.75) is 0 Å². The van der Waals surface area contributed by atoms with E-state index in [1.807, 2.05) is 26.0 Å². The van der Waals surface area contributed by atoms with Crippen LogP contribution in [0.4, 0.5) is 0 Å². The lowest BCUT2D eigenvalue weighted by molar-refractivity contribution is 0.283. The lowest BCUT2D eigenvalue weighted by atomic mass is 9.92. The summed E-state index contributed by atoms with van der Waals surface area (Å²) in [4.78, 5) is 3.94. The van der Waals surface area contributed by atoms with E-state index in [1.54, 1.807) is 0 Å². The van der Waals surface area contributed by atoms with Gasteiger partial charge in [0.1, 0.15) is 0 Å². The van der Waals surface area contributed by atoms with Gasteiger partial charge in [0.15, 0.2) is 0 Å². The van der Waals surface area contributed by atoms with Gasteiger partial charge in [0, 0.05) is 19.5 Å². The summed E-state index contributed by atoms with van der Waals surface area (Å²) in [5, 5.41) is 17.2. The average Bonchev–Trinajstić information content (AvgIpc) is 1.82. The lowest BCUT2D eigenvalue weighted by Gasteiger charge is -2.18. The van der Waals surface area contributed by atoms with E-state index in [0.717, 1.165) is 13.1 Å². The van der Waals surface area contributed by atoms with Crippen molar-refractivity contribution in [3.63, 3.8) is 0 Å². The van der Waals surface area contributed by atoms with Gasteiger partial charge in [0.2, 0.25) is 0 Å². The molecule has 0 aromatic carbocycles. The van der Waals surface area contributed by atoms with Crippen molar-refractivity contribution in [3.05, 3.63) is 0 Å². The number of hydrogen-bond acceptors (Lipinski definition) is 4. The van der Waals surface area contributed by atoms with E-state index in [2.05, 4.69) is 4.90 Å². The van der Waals surface area contributed by atoms with Gasteiger partial charge in [-0.05, 0) is 21.1 Å². The summed E-state index contributed by atoms with van der Waals surface area (Å²) in [6.45, 7) is 1.79. The highest BCUT2D eigenvalue weighted by Crippen LogP contribution is 1.83.